The average molecular weight is 469 g/mol. The zero-order valence-corrected chi connectivity index (χ0v) is 17.5. The van der Waals surface area contributed by atoms with Crippen LogP contribution in [0.2, 0.25) is 5.02 Å². The third kappa shape index (κ3) is 4.80. The topological polar surface area (TPSA) is 97.8 Å². The van der Waals surface area contributed by atoms with Crippen molar-refractivity contribution in [1.29, 1.82) is 0 Å². The van der Waals surface area contributed by atoms with Crippen LogP contribution in [-0.4, -0.2) is 65.3 Å². The molecule has 1 aliphatic heterocycles. The van der Waals surface area contributed by atoms with Gasteiger partial charge in [-0.15, -0.1) is 0 Å². The molecule has 170 valence electrons. The van der Waals surface area contributed by atoms with Crippen molar-refractivity contribution in [2.24, 2.45) is 4.99 Å². The van der Waals surface area contributed by atoms with E-state index < -0.39 is 17.5 Å². The van der Waals surface area contributed by atoms with E-state index in [2.05, 4.69) is 25.2 Å². The van der Waals surface area contributed by atoms with E-state index in [1.807, 2.05) is 5.48 Å². The highest BCUT2D eigenvalue weighted by Crippen LogP contribution is 2.27. The number of ether oxygens (including phenoxy) is 1. The van der Waals surface area contributed by atoms with Gasteiger partial charge >= 0.3 is 0 Å². The van der Waals surface area contributed by atoms with Crippen molar-refractivity contribution in [3.05, 3.63) is 52.3 Å². The molecule has 32 heavy (non-hydrogen) atoms. The lowest BCUT2D eigenvalue weighted by Crippen LogP contribution is -2.39. The second-order valence-electron chi connectivity index (χ2n) is 7.08. The number of morpholine rings is 1. The Hall–Kier alpha value is -2.86. The SMILES string of the molecule is ONC(=Nc1ccc(F)c(Cl)c1)c1cc(F)c(F)c2nc(NCCN3CCOCC3)[nH]c12. The van der Waals surface area contributed by atoms with Gasteiger partial charge < -0.3 is 15.0 Å². The first kappa shape index (κ1) is 22.3. The van der Waals surface area contributed by atoms with Gasteiger partial charge in [-0.1, -0.05) is 11.6 Å². The Morgan fingerprint density at radius 1 is 1.22 bits per heavy atom. The maximum atomic E-state index is 14.4. The Labute approximate surface area is 186 Å². The van der Waals surface area contributed by atoms with Gasteiger partial charge in [0.15, 0.2) is 17.5 Å². The van der Waals surface area contributed by atoms with E-state index in [-0.39, 0.29) is 39.1 Å². The number of aromatic amines is 1. The largest absolute Gasteiger partial charge is 0.379 e. The molecule has 0 atom stereocenters. The summed E-state index contributed by atoms with van der Waals surface area (Å²) in [7, 11) is 0. The standard InChI is InChI=1S/C20H20ClF3N6O2/c21-13-9-11(1-2-14(13)22)26-19(29-31)12-10-15(23)16(24)18-17(12)27-20(28-18)25-3-4-30-5-7-32-8-6-30/h1-2,9-10,31H,3-8H2,(H,26,29)(H2,25,27,28). The normalized spacial score (nSPS) is 15.3. The molecule has 12 heteroatoms. The number of imidazole rings is 1. The number of hydrogen-bond acceptors (Lipinski definition) is 6. The summed E-state index contributed by atoms with van der Waals surface area (Å²) < 4.78 is 47.4. The van der Waals surface area contributed by atoms with Crippen LogP contribution in [0.5, 0.6) is 0 Å². The highest BCUT2D eigenvalue weighted by molar-refractivity contribution is 6.31. The summed E-state index contributed by atoms with van der Waals surface area (Å²) in [6.45, 7) is 4.23. The summed E-state index contributed by atoms with van der Waals surface area (Å²) in [4.78, 5) is 13.3. The first-order valence-electron chi connectivity index (χ1n) is 9.82. The molecule has 0 unspecified atom stereocenters. The van der Waals surface area contributed by atoms with Crippen LogP contribution in [0.3, 0.4) is 0 Å². The fourth-order valence-electron chi connectivity index (χ4n) is 3.36. The summed E-state index contributed by atoms with van der Waals surface area (Å²) in [5.74, 6) is -2.91. The second-order valence-corrected chi connectivity index (χ2v) is 7.49. The number of hydrogen-bond donors (Lipinski definition) is 4. The van der Waals surface area contributed by atoms with Gasteiger partial charge in [0.05, 0.1) is 29.4 Å². The van der Waals surface area contributed by atoms with E-state index in [1.54, 1.807) is 0 Å². The summed E-state index contributed by atoms with van der Waals surface area (Å²) in [6, 6.07) is 4.53. The summed E-state index contributed by atoms with van der Waals surface area (Å²) in [5.41, 5.74) is 1.95. The van der Waals surface area contributed by atoms with Crippen molar-refractivity contribution >= 4 is 40.1 Å². The minimum atomic E-state index is -1.17. The highest BCUT2D eigenvalue weighted by atomic mass is 35.5. The monoisotopic (exact) mass is 468 g/mol. The number of benzene rings is 2. The molecule has 0 spiro atoms. The Bertz CT molecular complexity index is 1150. The lowest BCUT2D eigenvalue weighted by atomic mass is 10.1. The number of aliphatic imine (C=N–C) groups is 1. The smallest absolute Gasteiger partial charge is 0.201 e. The molecule has 2 heterocycles. The minimum absolute atomic E-state index is 0.0237. The maximum Gasteiger partial charge on any atom is 0.201 e. The Kier molecular flexibility index (Phi) is 6.80. The number of halogens is 4. The molecule has 2 aromatic carbocycles. The molecule has 4 rings (SSSR count). The third-order valence-corrected chi connectivity index (χ3v) is 5.28. The van der Waals surface area contributed by atoms with Crippen molar-refractivity contribution in [1.82, 2.24) is 20.3 Å². The number of hydroxylamine groups is 1. The van der Waals surface area contributed by atoms with Crippen LogP contribution < -0.4 is 10.8 Å². The van der Waals surface area contributed by atoms with E-state index >= 15 is 0 Å². The van der Waals surface area contributed by atoms with E-state index in [0.717, 1.165) is 31.8 Å². The Balaban J connectivity index is 1.63. The van der Waals surface area contributed by atoms with Crippen LogP contribution in [0.1, 0.15) is 5.56 Å². The molecule has 0 saturated carbocycles. The number of fused-ring (bicyclic) bond motifs is 1. The number of amidine groups is 1. The van der Waals surface area contributed by atoms with Crippen molar-refractivity contribution in [2.75, 3.05) is 44.7 Å². The maximum absolute atomic E-state index is 14.4. The van der Waals surface area contributed by atoms with Crippen molar-refractivity contribution in [3.63, 3.8) is 0 Å². The molecule has 1 saturated heterocycles. The molecule has 0 amide bonds. The molecule has 0 radical (unpaired) electrons. The first-order valence-corrected chi connectivity index (χ1v) is 10.2. The number of rotatable bonds is 6. The lowest BCUT2D eigenvalue weighted by molar-refractivity contribution is 0.0398. The van der Waals surface area contributed by atoms with Gasteiger partial charge in [0.25, 0.3) is 0 Å². The fourth-order valence-corrected chi connectivity index (χ4v) is 3.53. The minimum Gasteiger partial charge on any atom is -0.379 e. The molecule has 1 aromatic heterocycles. The number of nitrogens with one attached hydrogen (secondary N) is 3. The van der Waals surface area contributed by atoms with E-state index in [9.17, 15) is 18.4 Å². The van der Waals surface area contributed by atoms with Crippen molar-refractivity contribution in [2.45, 2.75) is 0 Å². The highest BCUT2D eigenvalue weighted by Gasteiger charge is 2.20. The number of H-pyrrole nitrogens is 1. The van der Waals surface area contributed by atoms with Gasteiger partial charge in [0, 0.05) is 31.7 Å². The van der Waals surface area contributed by atoms with Crippen molar-refractivity contribution in [3.8, 4) is 0 Å². The molecule has 0 bridgehead atoms. The quantitative estimate of drug-likeness (QED) is 0.251. The van der Waals surface area contributed by atoms with Gasteiger partial charge in [-0.3, -0.25) is 15.6 Å². The average Bonchev–Trinajstić information content (AvgIpc) is 3.22. The fraction of sp³-hybridized carbons (Fsp3) is 0.300. The van der Waals surface area contributed by atoms with E-state index in [0.29, 0.717) is 19.8 Å². The van der Waals surface area contributed by atoms with E-state index in [4.69, 9.17) is 16.3 Å². The number of nitrogens with zero attached hydrogens (tertiary/aromatic N) is 3. The Morgan fingerprint density at radius 2 is 2.00 bits per heavy atom. The predicted octanol–water partition coefficient (Wildman–Crippen LogP) is 3.43. The number of aromatic nitrogens is 2. The van der Waals surface area contributed by atoms with Gasteiger partial charge in [-0.05, 0) is 24.3 Å². The van der Waals surface area contributed by atoms with Crippen molar-refractivity contribution < 1.29 is 23.1 Å². The van der Waals surface area contributed by atoms with Gasteiger partial charge in [-0.25, -0.2) is 23.1 Å². The molecular weight excluding hydrogens is 449 g/mol. The van der Waals surface area contributed by atoms with Gasteiger partial charge in [-0.2, -0.15) is 0 Å². The summed E-state index contributed by atoms with van der Waals surface area (Å²) >= 11 is 5.76. The van der Waals surface area contributed by atoms with Crippen LogP contribution in [0.15, 0.2) is 29.3 Å². The van der Waals surface area contributed by atoms with Gasteiger partial charge in [0.2, 0.25) is 5.95 Å². The van der Waals surface area contributed by atoms with Gasteiger partial charge in [0.1, 0.15) is 11.3 Å². The van der Waals surface area contributed by atoms with Crippen LogP contribution >= 0.6 is 11.6 Å². The lowest BCUT2D eigenvalue weighted by Gasteiger charge is -2.26. The number of anilines is 1. The van der Waals surface area contributed by atoms with Crippen LogP contribution in [0, 0.1) is 17.5 Å². The predicted molar refractivity (Wildman–Crippen MR) is 114 cm³/mol. The molecule has 8 nitrogen and oxygen atoms in total. The van der Waals surface area contributed by atoms with E-state index in [1.165, 1.54) is 12.1 Å². The second kappa shape index (κ2) is 9.74. The zero-order chi connectivity index (χ0) is 22.7. The zero-order valence-electron chi connectivity index (χ0n) is 16.8. The summed E-state index contributed by atoms with van der Waals surface area (Å²) in [6.07, 6.45) is 0. The summed E-state index contributed by atoms with van der Waals surface area (Å²) in [5, 5.41) is 12.5. The molecule has 4 N–H and O–H groups in total. The first-order chi connectivity index (χ1) is 15.5. The molecule has 3 aromatic rings. The molecule has 1 aliphatic rings. The molecule has 1 fully saturated rings. The van der Waals surface area contributed by atoms with Crippen LogP contribution in [-0.2, 0) is 4.74 Å². The van der Waals surface area contributed by atoms with Crippen LogP contribution in [0.25, 0.3) is 11.0 Å². The third-order valence-electron chi connectivity index (χ3n) is 4.99. The molecular formula is C20H20ClF3N6O2. The Morgan fingerprint density at radius 3 is 2.72 bits per heavy atom. The molecule has 0 aliphatic carbocycles. The van der Waals surface area contributed by atoms with Crippen LogP contribution in [0.4, 0.5) is 24.8 Å².